The normalized spacial score (nSPS) is 14.6. The lowest BCUT2D eigenvalue weighted by Gasteiger charge is -2.29. The summed E-state index contributed by atoms with van der Waals surface area (Å²) in [6.07, 6.45) is -4.43. The van der Waals surface area contributed by atoms with Crippen LogP contribution in [0.4, 0.5) is 18.9 Å². The van der Waals surface area contributed by atoms with Gasteiger partial charge >= 0.3 is 12.1 Å². The molecule has 0 bridgehead atoms. The number of nitrogens with two attached hydrogens (primary N) is 1. The van der Waals surface area contributed by atoms with Gasteiger partial charge in [-0.2, -0.15) is 13.2 Å². The summed E-state index contributed by atoms with van der Waals surface area (Å²) in [6.45, 7) is 0.0268. The largest absolute Gasteiger partial charge is 0.471 e. The van der Waals surface area contributed by atoms with Crippen molar-refractivity contribution in [3.8, 4) is 0 Å². The minimum absolute atomic E-state index is 0. The highest BCUT2D eigenvalue weighted by molar-refractivity contribution is 9.10. The first-order valence-electron chi connectivity index (χ1n) is 5.22. The number of nitrogens with zero attached hydrogens (tertiary/aromatic N) is 1. The fraction of sp³-hybridized carbons (Fsp3) is 0.364. The highest BCUT2D eigenvalue weighted by atomic mass is 79.9. The molecule has 1 aromatic carbocycles. The van der Waals surface area contributed by atoms with E-state index in [1.807, 2.05) is 0 Å². The molecule has 0 aromatic heterocycles. The average molecular weight is 360 g/mol. The lowest BCUT2D eigenvalue weighted by atomic mass is 9.99. The lowest BCUT2D eigenvalue weighted by Crippen LogP contribution is -2.43. The van der Waals surface area contributed by atoms with E-state index in [0.29, 0.717) is 22.1 Å². The molecule has 2 N–H and O–H groups in total. The zero-order chi connectivity index (χ0) is 13.5. The Labute approximate surface area is 122 Å². The van der Waals surface area contributed by atoms with Crippen molar-refractivity contribution < 1.29 is 18.0 Å². The number of benzene rings is 1. The predicted molar refractivity (Wildman–Crippen MR) is 71.0 cm³/mol. The van der Waals surface area contributed by atoms with Gasteiger partial charge in [-0.05, 0) is 45.6 Å². The van der Waals surface area contributed by atoms with Crippen LogP contribution in [0, 0.1) is 0 Å². The van der Waals surface area contributed by atoms with Crippen molar-refractivity contribution >= 4 is 39.9 Å². The Kier molecular flexibility index (Phi) is 4.73. The topological polar surface area (TPSA) is 46.3 Å². The number of carbonyl (C=O) groups excluding carboxylic acids is 1. The van der Waals surface area contributed by atoms with Crippen LogP contribution < -0.4 is 5.73 Å². The van der Waals surface area contributed by atoms with E-state index in [0.717, 1.165) is 10.5 Å². The Morgan fingerprint density at radius 3 is 2.53 bits per heavy atom. The molecule has 8 heteroatoms. The van der Waals surface area contributed by atoms with Gasteiger partial charge in [-0.15, -0.1) is 12.4 Å². The number of hydrogen-bond donors (Lipinski definition) is 1. The third-order valence-corrected chi connectivity index (χ3v) is 3.55. The highest BCUT2D eigenvalue weighted by Gasteiger charge is 2.43. The summed E-state index contributed by atoms with van der Waals surface area (Å²) < 4.78 is 37.6. The molecule has 0 saturated carbocycles. The summed E-state index contributed by atoms with van der Waals surface area (Å²) in [6, 6.07) is 3.40. The zero-order valence-electron chi connectivity index (χ0n) is 9.63. The molecule has 1 aliphatic rings. The maximum Gasteiger partial charge on any atom is 0.471 e. The highest BCUT2D eigenvalue weighted by Crippen LogP contribution is 2.29. The second-order valence-electron chi connectivity index (χ2n) is 4.12. The molecule has 2 rings (SSSR count). The molecule has 0 unspecified atom stereocenters. The maximum atomic E-state index is 12.3. The Hall–Kier alpha value is -0.950. The third-order valence-electron chi connectivity index (χ3n) is 2.86. The second-order valence-corrected chi connectivity index (χ2v) is 4.97. The fourth-order valence-corrected chi connectivity index (χ4v) is 2.34. The van der Waals surface area contributed by atoms with Crippen molar-refractivity contribution in [2.45, 2.75) is 19.1 Å². The van der Waals surface area contributed by atoms with Crippen LogP contribution in [0.3, 0.4) is 0 Å². The first-order valence-corrected chi connectivity index (χ1v) is 6.01. The molecule has 0 radical (unpaired) electrons. The minimum atomic E-state index is -4.82. The second kappa shape index (κ2) is 5.58. The van der Waals surface area contributed by atoms with Gasteiger partial charge in [-0.25, -0.2) is 0 Å². The molecule has 1 aromatic rings. The Balaban J connectivity index is 0.00000180. The Morgan fingerprint density at radius 2 is 1.95 bits per heavy atom. The number of carbonyl (C=O) groups is 1. The molecule has 0 spiro atoms. The van der Waals surface area contributed by atoms with Crippen molar-refractivity contribution in [1.82, 2.24) is 4.90 Å². The van der Waals surface area contributed by atoms with Crippen molar-refractivity contribution in [2.24, 2.45) is 0 Å². The van der Waals surface area contributed by atoms with Crippen molar-refractivity contribution in [3.05, 3.63) is 27.7 Å². The van der Waals surface area contributed by atoms with E-state index in [1.165, 1.54) is 0 Å². The van der Waals surface area contributed by atoms with Crippen LogP contribution in [0.5, 0.6) is 0 Å². The van der Waals surface area contributed by atoms with Gasteiger partial charge in [0.2, 0.25) is 0 Å². The maximum absolute atomic E-state index is 12.3. The molecule has 106 valence electrons. The third kappa shape index (κ3) is 3.33. The van der Waals surface area contributed by atoms with Gasteiger partial charge in [0.25, 0.3) is 0 Å². The summed E-state index contributed by atoms with van der Waals surface area (Å²) in [5, 5.41) is 0. The molecule has 1 amide bonds. The number of nitrogen functional groups attached to an aromatic ring is 1. The predicted octanol–water partition coefficient (Wildman–Crippen LogP) is 2.90. The number of alkyl halides is 3. The summed E-state index contributed by atoms with van der Waals surface area (Å²) in [5.74, 6) is -1.79. The number of halogens is 5. The van der Waals surface area contributed by atoms with Crippen LogP contribution >= 0.6 is 28.3 Å². The SMILES string of the molecule is Cl.Nc1cc2c(cc1Br)CN(C(=O)C(F)(F)F)CC2. The van der Waals surface area contributed by atoms with Crippen LogP contribution in [0.15, 0.2) is 16.6 Å². The quantitative estimate of drug-likeness (QED) is 0.724. The van der Waals surface area contributed by atoms with Gasteiger partial charge in [0.15, 0.2) is 0 Å². The number of rotatable bonds is 0. The first-order chi connectivity index (χ1) is 8.29. The van der Waals surface area contributed by atoms with Crippen molar-refractivity contribution in [1.29, 1.82) is 0 Å². The van der Waals surface area contributed by atoms with E-state index in [9.17, 15) is 18.0 Å². The summed E-state index contributed by atoms with van der Waals surface area (Å²) in [5.41, 5.74) is 7.83. The molecule has 1 aliphatic heterocycles. The number of hydrogen-bond acceptors (Lipinski definition) is 2. The molecule has 0 fully saturated rings. The molecule has 1 heterocycles. The van der Waals surface area contributed by atoms with E-state index < -0.39 is 12.1 Å². The van der Waals surface area contributed by atoms with E-state index in [4.69, 9.17) is 5.73 Å². The molecular formula is C11H11BrClF3N2O. The summed E-state index contributed by atoms with van der Waals surface area (Å²) >= 11 is 3.22. The molecule has 0 atom stereocenters. The van der Waals surface area contributed by atoms with Gasteiger partial charge < -0.3 is 10.6 Å². The molecule has 19 heavy (non-hydrogen) atoms. The van der Waals surface area contributed by atoms with Crippen LogP contribution in [-0.4, -0.2) is 23.5 Å². The Morgan fingerprint density at radius 1 is 1.32 bits per heavy atom. The van der Waals surface area contributed by atoms with E-state index in [1.54, 1.807) is 12.1 Å². The number of amides is 1. The van der Waals surface area contributed by atoms with Crippen LogP contribution in [0.2, 0.25) is 0 Å². The van der Waals surface area contributed by atoms with Crippen LogP contribution in [0.25, 0.3) is 0 Å². The van der Waals surface area contributed by atoms with Gasteiger partial charge in [0.05, 0.1) is 0 Å². The summed E-state index contributed by atoms with van der Waals surface area (Å²) in [4.78, 5) is 12.0. The van der Waals surface area contributed by atoms with Gasteiger partial charge in [-0.3, -0.25) is 4.79 Å². The van der Waals surface area contributed by atoms with Crippen LogP contribution in [-0.2, 0) is 17.8 Å². The van der Waals surface area contributed by atoms with E-state index in [2.05, 4.69) is 15.9 Å². The van der Waals surface area contributed by atoms with Crippen molar-refractivity contribution in [2.75, 3.05) is 12.3 Å². The lowest BCUT2D eigenvalue weighted by molar-refractivity contribution is -0.186. The molecule has 0 saturated heterocycles. The van der Waals surface area contributed by atoms with Gasteiger partial charge in [0.1, 0.15) is 0 Å². The summed E-state index contributed by atoms with van der Waals surface area (Å²) in [7, 11) is 0. The fourth-order valence-electron chi connectivity index (χ4n) is 1.95. The first kappa shape index (κ1) is 16.1. The minimum Gasteiger partial charge on any atom is -0.398 e. The van der Waals surface area contributed by atoms with E-state index >= 15 is 0 Å². The van der Waals surface area contributed by atoms with Gasteiger partial charge in [-0.1, -0.05) is 0 Å². The molecule has 0 aliphatic carbocycles. The molecule has 3 nitrogen and oxygen atoms in total. The smallest absolute Gasteiger partial charge is 0.398 e. The Bertz CT molecular complexity index is 507. The number of fused-ring (bicyclic) bond motifs is 1. The average Bonchev–Trinajstić information content (AvgIpc) is 2.28. The van der Waals surface area contributed by atoms with Crippen molar-refractivity contribution in [3.63, 3.8) is 0 Å². The monoisotopic (exact) mass is 358 g/mol. The van der Waals surface area contributed by atoms with E-state index in [-0.39, 0.29) is 25.5 Å². The molecular weight excluding hydrogens is 348 g/mol. The van der Waals surface area contributed by atoms with Crippen LogP contribution in [0.1, 0.15) is 11.1 Å². The number of anilines is 1. The standard InChI is InChI=1S/C11H10BrF3N2O.ClH/c12-8-3-7-5-17(10(18)11(13,14)15)2-1-6(7)4-9(8)16;/h3-4H,1-2,5,16H2;1H. The van der Waals surface area contributed by atoms with Gasteiger partial charge in [0, 0.05) is 23.2 Å². The zero-order valence-corrected chi connectivity index (χ0v) is 12.0.